The van der Waals surface area contributed by atoms with Crippen LogP contribution in [0.15, 0.2) is 66.7 Å². The molecule has 0 radical (unpaired) electrons. The van der Waals surface area contributed by atoms with E-state index in [0.717, 1.165) is 54.6 Å². The second-order valence-electron chi connectivity index (χ2n) is 10.2. The van der Waals surface area contributed by atoms with E-state index >= 15 is 0 Å². The Bertz CT molecular complexity index is 1540. The lowest BCUT2D eigenvalue weighted by atomic mass is 10.0. The third-order valence-corrected chi connectivity index (χ3v) is 7.53. The van der Waals surface area contributed by atoms with E-state index < -0.39 is 11.7 Å². The SMILES string of the molecule is N#Cc1ccc(-c2ccc(-c3nc4cc(C(F)(F)F)ccc4n3C[C@@H]3CCN(C(=O)C4CC4)C3)cc2)cc1. The molecule has 1 atom stereocenters. The molecule has 1 amide bonds. The summed E-state index contributed by atoms with van der Waals surface area (Å²) in [5.41, 5.74) is 3.54. The van der Waals surface area contributed by atoms with Crippen molar-refractivity contribution >= 4 is 16.9 Å². The number of fused-ring (bicyclic) bond motifs is 1. The Morgan fingerprint density at radius 2 is 1.61 bits per heavy atom. The minimum Gasteiger partial charge on any atom is -0.342 e. The largest absolute Gasteiger partial charge is 0.416 e. The second kappa shape index (κ2) is 9.32. The first kappa shape index (κ1) is 24.2. The molecule has 1 saturated carbocycles. The van der Waals surface area contributed by atoms with Crippen molar-refractivity contribution in [2.45, 2.75) is 32.0 Å². The predicted molar refractivity (Wildman–Crippen MR) is 138 cm³/mol. The molecule has 2 aliphatic rings. The zero-order valence-electron chi connectivity index (χ0n) is 20.6. The second-order valence-corrected chi connectivity index (χ2v) is 10.2. The highest BCUT2D eigenvalue weighted by molar-refractivity contribution is 5.82. The van der Waals surface area contributed by atoms with E-state index in [1.807, 2.05) is 45.9 Å². The first-order valence-electron chi connectivity index (χ1n) is 12.8. The molecule has 2 heterocycles. The number of halogens is 3. The maximum Gasteiger partial charge on any atom is 0.416 e. The van der Waals surface area contributed by atoms with E-state index in [-0.39, 0.29) is 17.7 Å². The number of rotatable bonds is 5. The average Bonchev–Trinajstić information content (AvgIpc) is 3.57. The van der Waals surface area contributed by atoms with Crippen molar-refractivity contribution in [3.05, 3.63) is 77.9 Å². The van der Waals surface area contributed by atoms with E-state index in [1.54, 1.807) is 12.1 Å². The fourth-order valence-corrected chi connectivity index (χ4v) is 5.29. The molecule has 0 spiro atoms. The average molecular weight is 515 g/mol. The standard InChI is InChI=1S/C30H25F3N4O/c31-30(32,33)25-11-12-27-26(15-25)35-28(37(27)18-20-13-14-36(17-20)29(38)24-9-10-24)23-7-5-22(6-8-23)21-3-1-19(16-34)2-4-21/h1-8,11-12,15,20,24H,9-10,13-14,17-18H2/t20-/m1/s1. The van der Waals surface area contributed by atoms with Crippen LogP contribution in [0.4, 0.5) is 13.2 Å². The van der Waals surface area contributed by atoms with Crippen LogP contribution in [0, 0.1) is 23.2 Å². The minimum atomic E-state index is -4.45. The lowest BCUT2D eigenvalue weighted by molar-refractivity contribution is -0.137. The van der Waals surface area contributed by atoms with Crippen LogP contribution in [0.5, 0.6) is 0 Å². The van der Waals surface area contributed by atoms with Crippen LogP contribution in [0.1, 0.15) is 30.4 Å². The van der Waals surface area contributed by atoms with Crippen LogP contribution in [0.2, 0.25) is 0 Å². The van der Waals surface area contributed by atoms with Gasteiger partial charge in [-0.1, -0.05) is 36.4 Å². The molecule has 38 heavy (non-hydrogen) atoms. The highest BCUT2D eigenvalue weighted by Crippen LogP contribution is 2.36. The van der Waals surface area contributed by atoms with Gasteiger partial charge in [0.05, 0.1) is 28.2 Å². The van der Waals surface area contributed by atoms with Crippen molar-refractivity contribution in [1.29, 1.82) is 5.26 Å². The fraction of sp³-hybridized carbons (Fsp3) is 0.300. The number of carbonyl (C=O) groups is 1. The summed E-state index contributed by atoms with van der Waals surface area (Å²) in [6.45, 7) is 1.95. The summed E-state index contributed by atoms with van der Waals surface area (Å²) in [7, 11) is 0. The van der Waals surface area contributed by atoms with Crippen molar-refractivity contribution in [1.82, 2.24) is 14.5 Å². The Labute approximate surface area is 218 Å². The van der Waals surface area contributed by atoms with Crippen molar-refractivity contribution in [3.8, 4) is 28.6 Å². The number of aromatic nitrogens is 2. The summed E-state index contributed by atoms with van der Waals surface area (Å²) >= 11 is 0. The number of likely N-dealkylation sites (tertiary alicyclic amines) is 1. The number of nitriles is 1. The lowest BCUT2D eigenvalue weighted by Gasteiger charge is -2.18. The minimum absolute atomic E-state index is 0.175. The molecule has 2 fully saturated rings. The molecule has 1 aliphatic heterocycles. The Hall–Kier alpha value is -4.12. The molecule has 8 heteroatoms. The summed E-state index contributed by atoms with van der Waals surface area (Å²) in [4.78, 5) is 19.2. The van der Waals surface area contributed by atoms with E-state index in [2.05, 4.69) is 11.1 Å². The van der Waals surface area contributed by atoms with Crippen molar-refractivity contribution in [2.75, 3.05) is 13.1 Å². The van der Waals surface area contributed by atoms with Gasteiger partial charge in [0.1, 0.15) is 5.82 Å². The summed E-state index contributed by atoms with van der Waals surface area (Å²) in [5, 5.41) is 9.04. The molecule has 192 valence electrons. The maximum absolute atomic E-state index is 13.4. The van der Waals surface area contributed by atoms with E-state index in [9.17, 15) is 18.0 Å². The van der Waals surface area contributed by atoms with Gasteiger partial charge in [0.2, 0.25) is 5.91 Å². The highest BCUT2D eigenvalue weighted by Gasteiger charge is 2.37. The third kappa shape index (κ3) is 4.65. The number of carbonyl (C=O) groups excluding carboxylic acids is 1. The Morgan fingerprint density at radius 1 is 0.947 bits per heavy atom. The van der Waals surface area contributed by atoms with Gasteiger partial charge in [0, 0.05) is 31.1 Å². The maximum atomic E-state index is 13.4. The molecule has 1 aliphatic carbocycles. The number of imidazole rings is 1. The number of amides is 1. The lowest BCUT2D eigenvalue weighted by Crippen LogP contribution is -2.30. The molecule has 6 rings (SSSR count). The molecule has 1 saturated heterocycles. The zero-order valence-corrected chi connectivity index (χ0v) is 20.6. The van der Waals surface area contributed by atoms with Crippen LogP contribution in [-0.2, 0) is 17.5 Å². The Morgan fingerprint density at radius 3 is 2.24 bits per heavy atom. The van der Waals surface area contributed by atoms with Crippen LogP contribution >= 0.6 is 0 Å². The van der Waals surface area contributed by atoms with Gasteiger partial charge in [-0.15, -0.1) is 0 Å². The topological polar surface area (TPSA) is 61.9 Å². The van der Waals surface area contributed by atoms with Crippen LogP contribution < -0.4 is 0 Å². The quantitative estimate of drug-likeness (QED) is 0.305. The number of alkyl halides is 3. The van der Waals surface area contributed by atoms with Gasteiger partial charge in [-0.2, -0.15) is 18.4 Å². The molecule has 3 aromatic carbocycles. The summed E-state index contributed by atoms with van der Waals surface area (Å²) in [6, 6.07) is 20.9. The number of hydrogen-bond donors (Lipinski definition) is 0. The van der Waals surface area contributed by atoms with Crippen LogP contribution in [-0.4, -0.2) is 33.4 Å². The summed E-state index contributed by atoms with van der Waals surface area (Å²) < 4.78 is 42.3. The van der Waals surface area contributed by atoms with Gasteiger partial charge in [-0.3, -0.25) is 4.79 Å². The molecular weight excluding hydrogens is 489 g/mol. The normalized spacial score (nSPS) is 17.6. The van der Waals surface area contributed by atoms with Gasteiger partial charge in [-0.05, 0) is 66.6 Å². The number of nitrogens with zero attached hydrogens (tertiary/aromatic N) is 4. The molecule has 1 aromatic heterocycles. The van der Waals surface area contributed by atoms with E-state index in [1.165, 1.54) is 6.07 Å². The highest BCUT2D eigenvalue weighted by atomic mass is 19.4. The van der Waals surface area contributed by atoms with Crippen molar-refractivity contribution in [3.63, 3.8) is 0 Å². The van der Waals surface area contributed by atoms with Gasteiger partial charge in [0.25, 0.3) is 0 Å². The number of benzene rings is 3. The third-order valence-electron chi connectivity index (χ3n) is 7.53. The van der Waals surface area contributed by atoms with Crippen LogP contribution in [0.3, 0.4) is 0 Å². The molecule has 0 N–H and O–H groups in total. The first-order chi connectivity index (χ1) is 18.3. The zero-order chi connectivity index (χ0) is 26.4. The molecular formula is C30H25F3N4O. The Balaban J connectivity index is 1.34. The monoisotopic (exact) mass is 514 g/mol. The van der Waals surface area contributed by atoms with Gasteiger partial charge in [-0.25, -0.2) is 4.98 Å². The predicted octanol–water partition coefficient (Wildman–Crippen LogP) is 6.52. The fourth-order valence-electron chi connectivity index (χ4n) is 5.29. The van der Waals surface area contributed by atoms with Gasteiger partial charge >= 0.3 is 6.18 Å². The van der Waals surface area contributed by atoms with Gasteiger partial charge < -0.3 is 9.47 Å². The van der Waals surface area contributed by atoms with Crippen molar-refractivity contribution < 1.29 is 18.0 Å². The number of hydrogen-bond acceptors (Lipinski definition) is 3. The molecule has 5 nitrogen and oxygen atoms in total. The van der Waals surface area contributed by atoms with E-state index in [0.29, 0.717) is 35.5 Å². The van der Waals surface area contributed by atoms with E-state index in [4.69, 9.17) is 5.26 Å². The molecule has 0 unspecified atom stereocenters. The van der Waals surface area contributed by atoms with Crippen LogP contribution in [0.25, 0.3) is 33.5 Å². The summed E-state index contributed by atoms with van der Waals surface area (Å²) in [6.07, 6.45) is -1.65. The summed E-state index contributed by atoms with van der Waals surface area (Å²) in [5.74, 6) is 1.22. The molecule has 4 aromatic rings. The first-order valence-corrected chi connectivity index (χ1v) is 12.8. The van der Waals surface area contributed by atoms with Crippen molar-refractivity contribution in [2.24, 2.45) is 11.8 Å². The smallest absolute Gasteiger partial charge is 0.342 e. The van der Waals surface area contributed by atoms with Gasteiger partial charge in [0.15, 0.2) is 0 Å². The Kier molecular flexibility index (Phi) is 5.94. The molecule has 0 bridgehead atoms.